The van der Waals surface area contributed by atoms with Gasteiger partial charge in [-0.2, -0.15) is 0 Å². The number of aryl methyl sites for hydroxylation is 1. The number of esters is 1. The van der Waals surface area contributed by atoms with Crippen LogP contribution in [-0.4, -0.2) is 34.6 Å². The molecular formula is C22H21N3O4. The van der Waals surface area contributed by atoms with Gasteiger partial charge in [0, 0.05) is 25.7 Å². The molecule has 0 bridgehead atoms. The first-order valence-corrected chi connectivity index (χ1v) is 9.53. The summed E-state index contributed by atoms with van der Waals surface area (Å²) in [7, 11) is 1.63. The smallest absolute Gasteiger partial charge is 0.338 e. The SMILES string of the molecule is C[C@@H](OC(=O)c1ccc2c(=O)n3c(nc2c1)CCC3)C(=O)N(C)c1ccccc1. The van der Waals surface area contributed by atoms with Gasteiger partial charge in [-0.05, 0) is 43.7 Å². The summed E-state index contributed by atoms with van der Waals surface area (Å²) >= 11 is 0. The van der Waals surface area contributed by atoms with Crippen molar-refractivity contribution in [3.8, 4) is 0 Å². The number of benzene rings is 2. The van der Waals surface area contributed by atoms with E-state index >= 15 is 0 Å². The Morgan fingerprint density at radius 2 is 1.93 bits per heavy atom. The van der Waals surface area contributed by atoms with Crippen LogP contribution in [-0.2, 0) is 22.5 Å². The summed E-state index contributed by atoms with van der Waals surface area (Å²) in [4.78, 5) is 43.7. The van der Waals surface area contributed by atoms with E-state index in [1.165, 1.54) is 17.9 Å². The molecule has 7 heteroatoms. The van der Waals surface area contributed by atoms with Gasteiger partial charge in [0.25, 0.3) is 11.5 Å². The fourth-order valence-corrected chi connectivity index (χ4v) is 3.54. The quantitative estimate of drug-likeness (QED) is 0.639. The van der Waals surface area contributed by atoms with Gasteiger partial charge in [0.15, 0.2) is 6.10 Å². The van der Waals surface area contributed by atoms with Gasteiger partial charge in [0.2, 0.25) is 0 Å². The van der Waals surface area contributed by atoms with Crippen LogP contribution in [0, 0.1) is 0 Å². The van der Waals surface area contributed by atoms with Crippen LogP contribution in [0.5, 0.6) is 0 Å². The molecule has 2 heterocycles. The van der Waals surface area contributed by atoms with Crippen LogP contribution in [0.15, 0.2) is 53.3 Å². The van der Waals surface area contributed by atoms with Gasteiger partial charge in [-0.25, -0.2) is 9.78 Å². The molecule has 3 aromatic rings. The summed E-state index contributed by atoms with van der Waals surface area (Å²) in [6.07, 6.45) is 0.682. The van der Waals surface area contributed by atoms with Gasteiger partial charge in [-0.15, -0.1) is 0 Å². The average Bonchev–Trinajstić information content (AvgIpc) is 3.21. The summed E-state index contributed by atoms with van der Waals surface area (Å²) in [5, 5.41) is 0.472. The van der Waals surface area contributed by atoms with Crippen LogP contribution in [0.25, 0.3) is 10.9 Å². The number of hydrogen-bond donors (Lipinski definition) is 0. The van der Waals surface area contributed by atoms with Crippen molar-refractivity contribution in [2.45, 2.75) is 32.4 Å². The molecule has 0 radical (unpaired) electrons. The van der Waals surface area contributed by atoms with E-state index < -0.39 is 12.1 Å². The van der Waals surface area contributed by atoms with Gasteiger partial charge in [0.1, 0.15) is 5.82 Å². The van der Waals surface area contributed by atoms with Crippen molar-refractivity contribution in [3.05, 3.63) is 70.3 Å². The molecule has 148 valence electrons. The van der Waals surface area contributed by atoms with Crippen molar-refractivity contribution in [3.63, 3.8) is 0 Å². The molecule has 0 N–H and O–H groups in total. The molecule has 0 spiro atoms. The van der Waals surface area contributed by atoms with Gasteiger partial charge in [-0.3, -0.25) is 14.2 Å². The van der Waals surface area contributed by atoms with Gasteiger partial charge < -0.3 is 9.64 Å². The van der Waals surface area contributed by atoms with Gasteiger partial charge in [0.05, 0.1) is 16.5 Å². The minimum atomic E-state index is -0.956. The Bertz CT molecular complexity index is 1150. The van der Waals surface area contributed by atoms with Crippen molar-refractivity contribution >= 4 is 28.5 Å². The number of nitrogens with zero attached hydrogens (tertiary/aromatic N) is 3. The van der Waals surface area contributed by atoms with E-state index in [9.17, 15) is 14.4 Å². The van der Waals surface area contributed by atoms with Gasteiger partial charge >= 0.3 is 5.97 Å². The Balaban J connectivity index is 1.53. The van der Waals surface area contributed by atoms with Crippen molar-refractivity contribution in [2.24, 2.45) is 0 Å². The van der Waals surface area contributed by atoms with Crippen LogP contribution < -0.4 is 10.5 Å². The lowest BCUT2D eigenvalue weighted by atomic mass is 10.1. The molecule has 0 saturated carbocycles. The fourth-order valence-electron chi connectivity index (χ4n) is 3.54. The maximum absolute atomic E-state index is 12.6. The molecule has 0 saturated heterocycles. The van der Waals surface area contributed by atoms with E-state index in [-0.39, 0.29) is 17.0 Å². The zero-order chi connectivity index (χ0) is 20.5. The summed E-state index contributed by atoms with van der Waals surface area (Å²) < 4.78 is 7.05. The molecule has 1 amide bonds. The lowest BCUT2D eigenvalue weighted by Gasteiger charge is -2.21. The number of amides is 1. The molecule has 1 aromatic heterocycles. The van der Waals surface area contributed by atoms with Crippen LogP contribution in [0.1, 0.15) is 29.5 Å². The summed E-state index contributed by atoms with van der Waals surface area (Å²) in [5.74, 6) is -0.225. The van der Waals surface area contributed by atoms with E-state index in [4.69, 9.17) is 4.74 Å². The first-order valence-electron chi connectivity index (χ1n) is 9.53. The van der Waals surface area contributed by atoms with Crippen molar-refractivity contribution in [2.75, 3.05) is 11.9 Å². The van der Waals surface area contributed by atoms with E-state index in [1.807, 2.05) is 18.2 Å². The Hall–Kier alpha value is -3.48. The first kappa shape index (κ1) is 18.9. The van der Waals surface area contributed by atoms with E-state index in [0.717, 1.165) is 18.7 Å². The fraction of sp³-hybridized carbons (Fsp3) is 0.273. The van der Waals surface area contributed by atoms with Crippen LogP contribution in [0.3, 0.4) is 0 Å². The molecule has 0 fully saturated rings. The number of para-hydroxylation sites is 1. The average molecular weight is 391 g/mol. The second-order valence-electron chi connectivity index (χ2n) is 7.10. The number of carbonyl (C=O) groups is 2. The maximum atomic E-state index is 12.6. The molecule has 1 aliphatic rings. The molecular weight excluding hydrogens is 370 g/mol. The van der Waals surface area contributed by atoms with Crippen molar-refractivity contribution in [1.82, 2.24) is 9.55 Å². The third-order valence-electron chi connectivity index (χ3n) is 5.16. The highest BCUT2D eigenvalue weighted by Crippen LogP contribution is 2.18. The Morgan fingerprint density at radius 1 is 1.17 bits per heavy atom. The van der Waals surface area contributed by atoms with E-state index in [0.29, 0.717) is 23.1 Å². The third kappa shape index (κ3) is 3.51. The second kappa shape index (κ2) is 7.50. The summed E-state index contributed by atoms with van der Waals surface area (Å²) in [6.45, 7) is 2.22. The number of carbonyl (C=O) groups excluding carboxylic acids is 2. The van der Waals surface area contributed by atoms with Crippen LogP contribution in [0.2, 0.25) is 0 Å². The highest BCUT2D eigenvalue weighted by molar-refractivity contribution is 5.99. The Morgan fingerprint density at radius 3 is 2.69 bits per heavy atom. The largest absolute Gasteiger partial charge is 0.449 e. The van der Waals surface area contributed by atoms with Crippen molar-refractivity contribution in [1.29, 1.82) is 0 Å². The molecule has 0 aliphatic carbocycles. The highest BCUT2D eigenvalue weighted by atomic mass is 16.5. The number of hydrogen-bond acceptors (Lipinski definition) is 5. The highest BCUT2D eigenvalue weighted by Gasteiger charge is 2.24. The van der Waals surface area contributed by atoms with Crippen LogP contribution >= 0.6 is 0 Å². The first-order chi connectivity index (χ1) is 14.0. The molecule has 4 rings (SSSR count). The van der Waals surface area contributed by atoms with Crippen LogP contribution in [0.4, 0.5) is 5.69 Å². The Labute approximate surface area is 167 Å². The molecule has 7 nitrogen and oxygen atoms in total. The predicted octanol–water partition coefficient (Wildman–Crippen LogP) is 2.55. The predicted molar refractivity (Wildman–Crippen MR) is 109 cm³/mol. The number of aromatic nitrogens is 2. The Kier molecular flexibility index (Phi) is 4.88. The zero-order valence-corrected chi connectivity index (χ0v) is 16.3. The molecule has 29 heavy (non-hydrogen) atoms. The van der Waals surface area contributed by atoms with E-state index in [2.05, 4.69) is 4.98 Å². The normalized spacial score (nSPS) is 13.7. The maximum Gasteiger partial charge on any atom is 0.338 e. The lowest BCUT2D eigenvalue weighted by molar-refractivity contribution is -0.126. The zero-order valence-electron chi connectivity index (χ0n) is 16.3. The lowest BCUT2D eigenvalue weighted by Crippen LogP contribution is -2.37. The summed E-state index contributed by atoms with van der Waals surface area (Å²) in [5.41, 5.74) is 1.35. The monoisotopic (exact) mass is 391 g/mol. The topological polar surface area (TPSA) is 81.5 Å². The molecule has 1 aliphatic heterocycles. The second-order valence-corrected chi connectivity index (χ2v) is 7.10. The minimum Gasteiger partial charge on any atom is -0.449 e. The number of ether oxygens (including phenoxy) is 1. The molecule has 1 atom stereocenters. The number of anilines is 1. The molecule has 2 aromatic carbocycles. The number of likely N-dealkylation sites (N-methyl/N-ethyl adjacent to an activating group) is 1. The third-order valence-corrected chi connectivity index (χ3v) is 5.16. The molecule has 0 unspecified atom stereocenters. The van der Waals surface area contributed by atoms with E-state index in [1.54, 1.807) is 35.9 Å². The summed E-state index contributed by atoms with van der Waals surface area (Å²) in [6, 6.07) is 13.8. The van der Waals surface area contributed by atoms with Gasteiger partial charge in [-0.1, -0.05) is 18.2 Å². The van der Waals surface area contributed by atoms with Crippen molar-refractivity contribution < 1.29 is 14.3 Å². The number of rotatable bonds is 4. The number of fused-ring (bicyclic) bond motifs is 2. The standard InChI is InChI=1S/C22H21N3O4/c1-14(20(26)24(2)16-7-4-3-5-8-16)29-22(28)15-10-11-17-18(13-15)23-19-9-6-12-25(19)21(17)27/h3-5,7-8,10-11,13-14H,6,9,12H2,1-2H3/t14-/m1/s1. The minimum absolute atomic E-state index is 0.0875.